The van der Waals surface area contributed by atoms with Crippen LogP contribution in [0.4, 0.5) is 0 Å². The maximum atomic E-state index is 11.8. The number of carbonyl (C=O) groups excluding carboxylic acids is 1. The number of hydrogen-bond acceptors (Lipinski definition) is 3. The van der Waals surface area contributed by atoms with E-state index >= 15 is 0 Å². The van der Waals surface area contributed by atoms with Gasteiger partial charge < -0.3 is 9.73 Å². The summed E-state index contributed by atoms with van der Waals surface area (Å²) in [7, 11) is 0. The molecule has 4 nitrogen and oxygen atoms in total. The van der Waals surface area contributed by atoms with Crippen LogP contribution < -0.4 is 5.32 Å². The van der Waals surface area contributed by atoms with E-state index in [1.165, 1.54) is 25.3 Å². The molecule has 104 valence electrons. The molecule has 0 spiro atoms. The first-order valence-corrected chi connectivity index (χ1v) is 7.15. The molecule has 1 fully saturated rings. The van der Waals surface area contributed by atoms with E-state index in [2.05, 4.69) is 10.3 Å². The van der Waals surface area contributed by atoms with Gasteiger partial charge in [0.05, 0.1) is 0 Å². The van der Waals surface area contributed by atoms with Gasteiger partial charge in [-0.15, -0.1) is 0 Å². The van der Waals surface area contributed by atoms with Crippen molar-refractivity contribution in [2.24, 2.45) is 0 Å². The molecule has 3 rings (SSSR count). The average molecular weight is 270 g/mol. The average Bonchev–Trinajstić information content (AvgIpc) is 2.89. The van der Waals surface area contributed by atoms with Crippen molar-refractivity contribution in [3.05, 3.63) is 36.2 Å². The highest BCUT2D eigenvalue weighted by atomic mass is 16.3. The van der Waals surface area contributed by atoms with E-state index in [1.54, 1.807) is 6.08 Å². The maximum absolute atomic E-state index is 11.8. The number of nitrogens with one attached hydrogen (secondary N) is 1. The van der Waals surface area contributed by atoms with Crippen molar-refractivity contribution in [1.82, 2.24) is 10.3 Å². The van der Waals surface area contributed by atoms with Crippen LogP contribution in [0.15, 0.2) is 34.8 Å². The highest BCUT2D eigenvalue weighted by molar-refractivity contribution is 5.91. The molecule has 0 aliphatic heterocycles. The number of para-hydroxylation sites is 2. The summed E-state index contributed by atoms with van der Waals surface area (Å²) in [5.74, 6) is 0.393. The molecule has 1 aromatic heterocycles. The van der Waals surface area contributed by atoms with Gasteiger partial charge >= 0.3 is 0 Å². The Kier molecular flexibility index (Phi) is 3.81. The number of oxazole rings is 1. The smallest absolute Gasteiger partial charge is 0.244 e. The second-order valence-corrected chi connectivity index (χ2v) is 5.20. The fraction of sp³-hybridized carbons (Fsp3) is 0.375. The van der Waals surface area contributed by atoms with Crippen LogP contribution in [0, 0.1) is 0 Å². The lowest BCUT2D eigenvalue weighted by atomic mass is 9.95. The minimum absolute atomic E-state index is 0.0702. The molecule has 0 unspecified atom stereocenters. The molecule has 0 radical (unpaired) electrons. The van der Waals surface area contributed by atoms with E-state index < -0.39 is 0 Å². The topological polar surface area (TPSA) is 55.1 Å². The zero-order valence-corrected chi connectivity index (χ0v) is 11.3. The number of hydrogen-bond donors (Lipinski definition) is 1. The minimum Gasteiger partial charge on any atom is -0.437 e. The van der Waals surface area contributed by atoms with Crippen molar-refractivity contribution in [1.29, 1.82) is 0 Å². The monoisotopic (exact) mass is 270 g/mol. The summed E-state index contributed by atoms with van der Waals surface area (Å²) < 4.78 is 5.53. The Morgan fingerprint density at radius 3 is 2.85 bits per heavy atom. The van der Waals surface area contributed by atoms with Gasteiger partial charge in [-0.05, 0) is 25.0 Å². The second-order valence-electron chi connectivity index (χ2n) is 5.20. The first kappa shape index (κ1) is 12.9. The molecule has 0 bridgehead atoms. The number of rotatable bonds is 3. The van der Waals surface area contributed by atoms with Crippen molar-refractivity contribution in [3.63, 3.8) is 0 Å². The lowest BCUT2D eigenvalue weighted by Gasteiger charge is -2.21. The van der Waals surface area contributed by atoms with E-state index in [9.17, 15) is 4.79 Å². The lowest BCUT2D eigenvalue weighted by molar-refractivity contribution is -0.117. The van der Waals surface area contributed by atoms with Crippen LogP contribution in [0.25, 0.3) is 17.2 Å². The van der Waals surface area contributed by atoms with Gasteiger partial charge in [0.25, 0.3) is 0 Å². The Bertz CT molecular complexity index is 591. The van der Waals surface area contributed by atoms with Crippen LogP contribution >= 0.6 is 0 Å². The van der Waals surface area contributed by atoms with E-state index in [1.807, 2.05) is 24.3 Å². The maximum Gasteiger partial charge on any atom is 0.244 e. The van der Waals surface area contributed by atoms with Crippen molar-refractivity contribution < 1.29 is 9.21 Å². The standard InChI is InChI=1S/C16H18N2O2/c19-15(17-12-6-2-1-3-7-12)10-11-16-18-13-8-4-5-9-14(13)20-16/h4-5,8-12H,1-3,6-7H2,(H,17,19). The molecule has 1 aromatic carbocycles. The Balaban J connectivity index is 1.62. The zero-order valence-electron chi connectivity index (χ0n) is 11.3. The molecule has 0 saturated heterocycles. The first-order chi connectivity index (χ1) is 9.81. The van der Waals surface area contributed by atoms with Gasteiger partial charge in [-0.2, -0.15) is 0 Å². The Hall–Kier alpha value is -2.10. The highest BCUT2D eigenvalue weighted by Gasteiger charge is 2.14. The third kappa shape index (κ3) is 3.07. The number of amides is 1. The Labute approximate surface area is 117 Å². The molecule has 1 saturated carbocycles. The molecular weight excluding hydrogens is 252 g/mol. The van der Waals surface area contributed by atoms with E-state index in [0.717, 1.165) is 23.9 Å². The molecule has 20 heavy (non-hydrogen) atoms. The van der Waals surface area contributed by atoms with Gasteiger partial charge in [0.2, 0.25) is 11.8 Å². The highest BCUT2D eigenvalue weighted by Crippen LogP contribution is 2.18. The third-order valence-electron chi connectivity index (χ3n) is 3.64. The SMILES string of the molecule is O=C(C=Cc1nc2ccccc2o1)NC1CCCCC1. The number of carbonyl (C=O) groups is 1. The Morgan fingerprint density at radius 1 is 1.25 bits per heavy atom. The number of fused-ring (bicyclic) bond motifs is 1. The van der Waals surface area contributed by atoms with Crippen LogP contribution in [-0.2, 0) is 4.79 Å². The Morgan fingerprint density at radius 2 is 2.05 bits per heavy atom. The van der Waals surface area contributed by atoms with E-state index in [-0.39, 0.29) is 5.91 Å². The number of aromatic nitrogens is 1. The van der Waals surface area contributed by atoms with Gasteiger partial charge in [0, 0.05) is 18.2 Å². The molecule has 1 aliphatic carbocycles. The third-order valence-corrected chi connectivity index (χ3v) is 3.64. The molecule has 1 amide bonds. The molecule has 0 atom stereocenters. The summed E-state index contributed by atoms with van der Waals surface area (Å²) in [6.45, 7) is 0. The molecule has 1 aliphatic rings. The van der Waals surface area contributed by atoms with E-state index in [0.29, 0.717) is 11.9 Å². The van der Waals surface area contributed by atoms with Crippen LogP contribution in [0.1, 0.15) is 38.0 Å². The van der Waals surface area contributed by atoms with Gasteiger partial charge in [0.1, 0.15) is 5.52 Å². The first-order valence-electron chi connectivity index (χ1n) is 7.15. The largest absolute Gasteiger partial charge is 0.437 e. The molecular formula is C16H18N2O2. The lowest BCUT2D eigenvalue weighted by Crippen LogP contribution is -2.34. The normalized spacial score (nSPS) is 16.8. The summed E-state index contributed by atoms with van der Waals surface area (Å²) in [4.78, 5) is 16.1. The molecule has 1 N–H and O–H groups in total. The second kappa shape index (κ2) is 5.90. The zero-order chi connectivity index (χ0) is 13.8. The van der Waals surface area contributed by atoms with Crippen LogP contribution in [-0.4, -0.2) is 16.9 Å². The predicted molar refractivity (Wildman–Crippen MR) is 78.1 cm³/mol. The fourth-order valence-corrected chi connectivity index (χ4v) is 2.60. The van der Waals surface area contributed by atoms with Crippen LogP contribution in [0.3, 0.4) is 0 Å². The molecule has 4 heteroatoms. The molecule has 2 aromatic rings. The summed E-state index contributed by atoms with van der Waals surface area (Å²) >= 11 is 0. The summed E-state index contributed by atoms with van der Waals surface area (Å²) in [6.07, 6.45) is 8.99. The van der Waals surface area contributed by atoms with E-state index in [4.69, 9.17) is 4.42 Å². The quantitative estimate of drug-likeness (QED) is 0.871. The van der Waals surface area contributed by atoms with Crippen molar-refractivity contribution >= 4 is 23.1 Å². The van der Waals surface area contributed by atoms with Crippen molar-refractivity contribution in [2.75, 3.05) is 0 Å². The summed E-state index contributed by atoms with van der Waals surface area (Å²) in [5.41, 5.74) is 1.54. The predicted octanol–water partition coefficient (Wildman–Crippen LogP) is 3.29. The van der Waals surface area contributed by atoms with Gasteiger partial charge in [-0.3, -0.25) is 4.79 Å². The van der Waals surface area contributed by atoms with Crippen LogP contribution in [0.5, 0.6) is 0 Å². The fourth-order valence-electron chi connectivity index (χ4n) is 2.60. The van der Waals surface area contributed by atoms with Crippen molar-refractivity contribution in [3.8, 4) is 0 Å². The van der Waals surface area contributed by atoms with Crippen LogP contribution in [0.2, 0.25) is 0 Å². The number of benzene rings is 1. The summed E-state index contributed by atoms with van der Waals surface area (Å²) in [6, 6.07) is 7.88. The summed E-state index contributed by atoms with van der Waals surface area (Å²) in [5, 5.41) is 3.03. The molecule has 1 heterocycles. The number of nitrogens with zero attached hydrogens (tertiary/aromatic N) is 1. The van der Waals surface area contributed by atoms with Gasteiger partial charge in [-0.25, -0.2) is 4.98 Å². The van der Waals surface area contributed by atoms with Gasteiger partial charge in [-0.1, -0.05) is 31.4 Å². The minimum atomic E-state index is -0.0702. The van der Waals surface area contributed by atoms with Crippen molar-refractivity contribution in [2.45, 2.75) is 38.1 Å². The van der Waals surface area contributed by atoms with Gasteiger partial charge in [0.15, 0.2) is 5.58 Å².